The van der Waals surface area contributed by atoms with E-state index in [4.69, 9.17) is 11.2 Å². The number of hydrogen-bond acceptors (Lipinski definition) is 10. The molecule has 0 saturated heterocycles. The van der Waals surface area contributed by atoms with E-state index in [2.05, 4.69) is 38.3 Å². The van der Waals surface area contributed by atoms with Gasteiger partial charge < -0.3 is 20.1 Å². The Morgan fingerprint density at radius 3 is 2.65 bits per heavy atom. The highest BCUT2D eigenvalue weighted by molar-refractivity contribution is 7.22. The monoisotopic (exact) mass is 686 g/mol. The second-order valence-electron chi connectivity index (χ2n) is 11.4. The summed E-state index contributed by atoms with van der Waals surface area (Å²) in [6.45, 7) is 4.84. The predicted molar refractivity (Wildman–Crippen MR) is 192 cm³/mol. The normalized spacial score (nSPS) is 11.0. The minimum atomic E-state index is -1.11. The summed E-state index contributed by atoms with van der Waals surface area (Å²) in [5, 5.41) is 23.5. The number of para-hydroxylation sites is 1. The number of aromatic nitrogens is 4. The molecule has 0 atom stereocenters. The number of thiazole rings is 2. The minimum Gasteiger partial charge on any atom is -0.491 e. The predicted octanol–water partition coefficient (Wildman–Crippen LogP) is 9.12. The molecular formula is C36H39FN6O3S2. The van der Waals surface area contributed by atoms with Crippen molar-refractivity contribution in [2.45, 2.75) is 71.6 Å². The summed E-state index contributed by atoms with van der Waals surface area (Å²) in [4.78, 5) is 23.9. The molecule has 0 fully saturated rings. The number of anilines is 4. The Morgan fingerprint density at radius 1 is 1.04 bits per heavy atom. The van der Waals surface area contributed by atoms with E-state index >= 15 is 0 Å². The van der Waals surface area contributed by atoms with E-state index in [9.17, 15) is 14.3 Å². The van der Waals surface area contributed by atoms with Gasteiger partial charge in [0.1, 0.15) is 0 Å². The number of nitrogens with one attached hydrogen (secondary N) is 1. The van der Waals surface area contributed by atoms with Crippen LogP contribution >= 0.6 is 22.7 Å². The summed E-state index contributed by atoms with van der Waals surface area (Å²) in [6.07, 6.45) is 12.7. The Hall–Kier alpha value is -4.60. The molecule has 0 saturated carbocycles. The van der Waals surface area contributed by atoms with Crippen molar-refractivity contribution in [1.82, 2.24) is 20.2 Å². The van der Waals surface area contributed by atoms with E-state index in [0.29, 0.717) is 52.6 Å². The van der Waals surface area contributed by atoms with Gasteiger partial charge in [-0.1, -0.05) is 49.3 Å². The quantitative estimate of drug-likeness (QED) is 0.0688. The van der Waals surface area contributed by atoms with Crippen molar-refractivity contribution in [3.63, 3.8) is 0 Å². The van der Waals surface area contributed by atoms with Gasteiger partial charge in [0.25, 0.3) is 0 Å². The van der Waals surface area contributed by atoms with Crippen molar-refractivity contribution >= 4 is 60.8 Å². The average molecular weight is 687 g/mol. The zero-order valence-corrected chi connectivity index (χ0v) is 28.8. The first kappa shape index (κ1) is 34.7. The van der Waals surface area contributed by atoms with Gasteiger partial charge in [-0.15, -0.1) is 33.9 Å². The fourth-order valence-electron chi connectivity index (χ4n) is 5.16. The summed E-state index contributed by atoms with van der Waals surface area (Å²) in [7, 11) is 0. The molecule has 3 heterocycles. The summed E-state index contributed by atoms with van der Waals surface area (Å²) in [6, 6.07) is 14.9. The molecule has 2 N–H and O–H groups in total. The number of ether oxygens (including phenoxy) is 1. The maximum atomic E-state index is 14.6. The first-order chi connectivity index (χ1) is 23.4. The minimum absolute atomic E-state index is 0.00922. The van der Waals surface area contributed by atoms with E-state index in [1.807, 2.05) is 48.2 Å². The van der Waals surface area contributed by atoms with E-state index in [1.165, 1.54) is 28.7 Å². The van der Waals surface area contributed by atoms with Crippen LogP contribution in [-0.4, -0.2) is 44.4 Å². The molecule has 0 bridgehead atoms. The Labute approximate surface area is 288 Å². The molecule has 0 unspecified atom stereocenters. The van der Waals surface area contributed by atoms with Crippen LogP contribution in [0.25, 0.3) is 10.2 Å². The lowest BCUT2D eigenvalue weighted by atomic mass is 10.1. The highest BCUT2D eigenvalue weighted by Crippen LogP contribution is 2.34. The summed E-state index contributed by atoms with van der Waals surface area (Å²) in [5.41, 5.74) is 2.70. The lowest BCUT2D eigenvalue weighted by Gasteiger charge is -2.21. The molecule has 5 rings (SSSR count). The van der Waals surface area contributed by atoms with Gasteiger partial charge in [0, 0.05) is 17.8 Å². The van der Waals surface area contributed by atoms with Crippen molar-refractivity contribution < 1.29 is 19.0 Å². The summed E-state index contributed by atoms with van der Waals surface area (Å²) < 4.78 is 21.4. The Morgan fingerprint density at radius 2 is 1.90 bits per heavy atom. The Kier molecular flexibility index (Phi) is 12.3. The molecule has 0 aliphatic heterocycles. The van der Waals surface area contributed by atoms with Crippen LogP contribution < -0.4 is 15.0 Å². The molecule has 250 valence electrons. The second-order valence-corrected chi connectivity index (χ2v) is 13.5. The number of carboxylic acid groups (broad SMARTS) is 1. The number of fused-ring (bicyclic) bond motifs is 1. The number of unbranched alkanes of at least 4 members (excludes halogenated alkanes) is 4. The molecule has 0 amide bonds. The lowest BCUT2D eigenvalue weighted by molar-refractivity contribution is 0.0690. The van der Waals surface area contributed by atoms with Gasteiger partial charge >= 0.3 is 5.97 Å². The first-order valence-corrected chi connectivity index (χ1v) is 17.8. The number of terminal acetylenes is 1. The van der Waals surface area contributed by atoms with Crippen LogP contribution in [-0.2, 0) is 12.8 Å². The van der Waals surface area contributed by atoms with Crippen LogP contribution in [0.5, 0.6) is 5.75 Å². The number of rotatable bonds is 18. The smallest absolute Gasteiger partial charge is 0.355 e. The third-order valence-corrected chi connectivity index (χ3v) is 9.80. The zero-order valence-electron chi connectivity index (χ0n) is 27.2. The van der Waals surface area contributed by atoms with Crippen molar-refractivity contribution in [2.75, 3.05) is 23.4 Å². The fourth-order valence-corrected chi connectivity index (χ4v) is 7.15. The SMILES string of the molecule is C#CCCCCN(c1cc(C)c(Nc2nc3ccccc3s2)nn1)c1nc(C(=O)O)c(CCCOc2ccc(CCCCC)cc2F)s1. The van der Waals surface area contributed by atoms with Gasteiger partial charge in [-0.2, -0.15) is 0 Å². The van der Waals surface area contributed by atoms with Gasteiger partial charge in [0.2, 0.25) is 0 Å². The van der Waals surface area contributed by atoms with Gasteiger partial charge in [-0.3, -0.25) is 0 Å². The Bertz CT molecular complexity index is 1850. The zero-order chi connectivity index (χ0) is 33.9. The number of aromatic carboxylic acids is 1. The molecule has 12 heteroatoms. The van der Waals surface area contributed by atoms with Gasteiger partial charge in [-0.05, 0) is 86.9 Å². The third-order valence-electron chi connectivity index (χ3n) is 7.71. The number of benzene rings is 2. The summed E-state index contributed by atoms with van der Waals surface area (Å²) >= 11 is 2.84. The van der Waals surface area contributed by atoms with E-state index in [-0.39, 0.29) is 23.9 Å². The van der Waals surface area contributed by atoms with Crippen molar-refractivity contribution in [3.8, 4) is 18.1 Å². The lowest BCUT2D eigenvalue weighted by Crippen LogP contribution is -2.20. The number of carbonyl (C=O) groups is 1. The number of nitrogens with zero attached hydrogens (tertiary/aromatic N) is 5. The van der Waals surface area contributed by atoms with E-state index in [0.717, 1.165) is 59.9 Å². The van der Waals surface area contributed by atoms with Gasteiger partial charge in [0.15, 0.2) is 39.2 Å². The van der Waals surface area contributed by atoms with Crippen LogP contribution in [0.2, 0.25) is 0 Å². The van der Waals surface area contributed by atoms with Crippen molar-refractivity contribution in [2.24, 2.45) is 0 Å². The number of hydrogen-bond donors (Lipinski definition) is 2. The molecule has 0 radical (unpaired) electrons. The topological polar surface area (TPSA) is 113 Å². The maximum Gasteiger partial charge on any atom is 0.355 e. The van der Waals surface area contributed by atoms with Crippen LogP contribution in [0.1, 0.15) is 78.4 Å². The number of aryl methyl sites for hydroxylation is 3. The Balaban J connectivity index is 1.29. The first-order valence-electron chi connectivity index (χ1n) is 16.2. The largest absolute Gasteiger partial charge is 0.491 e. The molecule has 48 heavy (non-hydrogen) atoms. The molecule has 2 aromatic carbocycles. The van der Waals surface area contributed by atoms with Crippen LogP contribution in [0.3, 0.4) is 0 Å². The van der Waals surface area contributed by atoms with Crippen LogP contribution in [0.4, 0.5) is 26.3 Å². The van der Waals surface area contributed by atoms with Crippen molar-refractivity contribution in [1.29, 1.82) is 0 Å². The fraction of sp³-hybridized carbons (Fsp3) is 0.361. The molecule has 5 aromatic rings. The molecular weight excluding hydrogens is 648 g/mol. The van der Waals surface area contributed by atoms with Crippen molar-refractivity contribution in [3.05, 3.63) is 76.0 Å². The highest BCUT2D eigenvalue weighted by atomic mass is 32.1. The molecule has 9 nitrogen and oxygen atoms in total. The maximum absolute atomic E-state index is 14.6. The van der Waals surface area contributed by atoms with Crippen LogP contribution in [0, 0.1) is 25.1 Å². The summed E-state index contributed by atoms with van der Waals surface area (Å²) in [5.74, 6) is 2.52. The van der Waals surface area contributed by atoms with Gasteiger partial charge in [-0.25, -0.2) is 19.2 Å². The van der Waals surface area contributed by atoms with Gasteiger partial charge in [0.05, 0.1) is 16.8 Å². The van der Waals surface area contributed by atoms with E-state index in [1.54, 1.807) is 6.07 Å². The third kappa shape index (κ3) is 9.05. The highest BCUT2D eigenvalue weighted by Gasteiger charge is 2.23. The number of halogens is 1. The molecule has 0 aliphatic carbocycles. The van der Waals surface area contributed by atoms with E-state index < -0.39 is 5.97 Å². The molecule has 0 spiro atoms. The average Bonchev–Trinajstić information content (AvgIpc) is 3.69. The second kappa shape index (κ2) is 17.0. The van der Waals surface area contributed by atoms with Crippen LogP contribution in [0.15, 0.2) is 48.5 Å². The standard InChI is InChI=1S/C36H39FN6O3S2/c1-4-6-8-12-20-43(31-22-24(3)33(42-41-31)40-35-38-27-15-10-11-16-29(27)47-35)36-39-32(34(44)45)30(48-36)17-13-21-46-28-19-18-25(23-26(28)37)14-9-7-5-2/h1,10-11,15-16,18-19,22-23H,5-9,12-14,17,20-21H2,2-3H3,(H,44,45)(H,38,40,42). The number of carboxylic acids is 1. The molecule has 3 aromatic heterocycles. The molecule has 0 aliphatic rings.